The third kappa shape index (κ3) is 2.74. The molecule has 2 rings (SSSR count). The Morgan fingerprint density at radius 1 is 1.33 bits per heavy atom. The fourth-order valence-corrected chi connectivity index (χ4v) is 3.27. The molecule has 1 aromatic carbocycles. The van der Waals surface area contributed by atoms with E-state index < -0.39 is 0 Å². The van der Waals surface area contributed by atoms with Crippen molar-refractivity contribution in [1.82, 2.24) is 5.32 Å². The van der Waals surface area contributed by atoms with Crippen LogP contribution >= 0.6 is 22.9 Å². The Morgan fingerprint density at radius 2 is 2.00 bits per heavy atom. The molecule has 1 atom stereocenters. The topological polar surface area (TPSA) is 12.0 Å². The van der Waals surface area contributed by atoms with Crippen LogP contribution in [-0.2, 0) is 0 Å². The van der Waals surface area contributed by atoms with E-state index in [0.717, 1.165) is 27.6 Å². The summed E-state index contributed by atoms with van der Waals surface area (Å²) >= 11 is 7.95. The maximum absolute atomic E-state index is 13.0. The Morgan fingerprint density at radius 3 is 2.50 bits per heavy atom. The molecule has 0 saturated heterocycles. The van der Waals surface area contributed by atoms with Crippen LogP contribution in [0.5, 0.6) is 0 Å². The lowest BCUT2D eigenvalue weighted by Gasteiger charge is -2.17. The van der Waals surface area contributed by atoms with Gasteiger partial charge in [-0.1, -0.05) is 30.7 Å². The van der Waals surface area contributed by atoms with Crippen molar-refractivity contribution in [2.75, 3.05) is 6.54 Å². The number of thiophene rings is 1. The van der Waals surface area contributed by atoms with E-state index in [1.54, 1.807) is 23.5 Å². The van der Waals surface area contributed by atoms with E-state index >= 15 is 0 Å². The molecule has 1 aromatic heterocycles. The van der Waals surface area contributed by atoms with Crippen LogP contribution in [-0.4, -0.2) is 6.54 Å². The van der Waals surface area contributed by atoms with E-state index in [1.807, 2.05) is 19.2 Å². The number of nitrogens with one attached hydrogen (secondary N) is 1. The highest BCUT2D eigenvalue weighted by atomic mass is 35.5. The van der Waals surface area contributed by atoms with Crippen LogP contribution in [0, 0.1) is 12.7 Å². The van der Waals surface area contributed by atoms with Crippen molar-refractivity contribution in [1.29, 1.82) is 0 Å². The van der Waals surface area contributed by atoms with Crippen LogP contribution in [0.15, 0.2) is 29.6 Å². The second-order valence-electron chi connectivity index (χ2n) is 4.14. The molecule has 1 heterocycles. The van der Waals surface area contributed by atoms with Gasteiger partial charge in [-0.05, 0) is 42.1 Å². The maximum atomic E-state index is 13.0. The second kappa shape index (κ2) is 5.83. The van der Waals surface area contributed by atoms with Gasteiger partial charge in [0.25, 0.3) is 0 Å². The molecule has 1 N–H and O–H groups in total. The molecule has 0 radical (unpaired) electrons. The fourth-order valence-electron chi connectivity index (χ4n) is 1.87. The Bertz CT molecular complexity index is 521. The molecule has 0 amide bonds. The van der Waals surface area contributed by atoms with Gasteiger partial charge in [-0.25, -0.2) is 4.39 Å². The quantitative estimate of drug-likeness (QED) is 0.868. The van der Waals surface area contributed by atoms with Crippen molar-refractivity contribution in [2.45, 2.75) is 19.9 Å². The third-order valence-electron chi connectivity index (χ3n) is 2.80. The lowest BCUT2D eigenvalue weighted by molar-refractivity contribution is 0.617. The Kier molecular flexibility index (Phi) is 4.38. The summed E-state index contributed by atoms with van der Waals surface area (Å²) in [7, 11) is 0. The molecule has 2 aromatic rings. The van der Waals surface area contributed by atoms with E-state index in [9.17, 15) is 4.39 Å². The molecule has 0 aliphatic rings. The van der Waals surface area contributed by atoms with Gasteiger partial charge in [0.05, 0.1) is 11.1 Å². The fraction of sp³-hybridized carbons (Fsp3) is 0.286. The first-order valence-corrected chi connectivity index (χ1v) is 7.11. The van der Waals surface area contributed by atoms with Crippen molar-refractivity contribution in [2.24, 2.45) is 0 Å². The average molecular weight is 284 g/mol. The molecule has 1 nitrogen and oxygen atoms in total. The lowest BCUT2D eigenvalue weighted by Crippen LogP contribution is -2.21. The summed E-state index contributed by atoms with van der Waals surface area (Å²) in [6, 6.07) is 6.59. The van der Waals surface area contributed by atoms with Gasteiger partial charge in [0.15, 0.2) is 0 Å². The van der Waals surface area contributed by atoms with Gasteiger partial charge in [-0.15, -0.1) is 11.3 Å². The Hall–Kier alpha value is -0.900. The highest BCUT2D eigenvalue weighted by molar-refractivity contribution is 7.10. The molecule has 0 spiro atoms. The molecule has 96 valence electrons. The molecule has 0 saturated carbocycles. The largest absolute Gasteiger partial charge is 0.306 e. The first kappa shape index (κ1) is 13.5. The third-order valence-corrected chi connectivity index (χ3v) is 4.58. The van der Waals surface area contributed by atoms with E-state index in [0.29, 0.717) is 0 Å². The SMILES string of the molecule is CCNC(c1ccc(F)cc1)c1scc(C)c1Cl. The van der Waals surface area contributed by atoms with Crippen LogP contribution in [0.25, 0.3) is 0 Å². The summed E-state index contributed by atoms with van der Waals surface area (Å²) in [6.07, 6.45) is 0. The second-order valence-corrected chi connectivity index (χ2v) is 5.43. The van der Waals surface area contributed by atoms with Crippen LogP contribution in [0.3, 0.4) is 0 Å². The van der Waals surface area contributed by atoms with Crippen molar-refractivity contribution in [3.8, 4) is 0 Å². The molecular formula is C14H15ClFNS. The summed E-state index contributed by atoms with van der Waals surface area (Å²) in [6.45, 7) is 4.87. The van der Waals surface area contributed by atoms with Crippen LogP contribution < -0.4 is 5.32 Å². The minimum atomic E-state index is -0.220. The summed E-state index contributed by atoms with van der Waals surface area (Å²) in [5.74, 6) is -0.220. The van der Waals surface area contributed by atoms with Gasteiger partial charge >= 0.3 is 0 Å². The maximum Gasteiger partial charge on any atom is 0.123 e. The minimum Gasteiger partial charge on any atom is -0.306 e. The predicted octanol–water partition coefficient (Wildman–Crippen LogP) is 4.55. The highest BCUT2D eigenvalue weighted by Crippen LogP contribution is 2.35. The number of halogens is 2. The van der Waals surface area contributed by atoms with Crippen molar-refractivity contribution in [3.05, 3.63) is 56.5 Å². The van der Waals surface area contributed by atoms with Crippen LogP contribution in [0.1, 0.15) is 29.0 Å². The van der Waals surface area contributed by atoms with Gasteiger partial charge in [0.2, 0.25) is 0 Å². The molecule has 0 fully saturated rings. The Labute approximate surface area is 116 Å². The molecular weight excluding hydrogens is 269 g/mol. The highest BCUT2D eigenvalue weighted by Gasteiger charge is 2.19. The van der Waals surface area contributed by atoms with E-state index in [1.165, 1.54) is 12.1 Å². The normalized spacial score (nSPS) is 12.7. The molecule has 18 heavy (non-hydrogen) atoms. The van der Waals surface area contributed by atoms with E-state index in [-0.39, 0.29) is 11.9 Å². The molecule has 0 aliphatic heterocycles. The monoisotopic (exact) mass is 283 g/mol. The van der Waals surface area contributed by atoms with Crippen molar-refractivity contribution >= 4 is 22.9 Å². The minimum absolute atomic E-state index is 0.0294. The van der Waals surface area contributed by atoms with Crippen molar-refractivity contribution < 1.29 is 4.39 Å². The van der Waals surface area contributed by atoms with Gasteiger partial charge < -0.3 is 5.32 Å². The van der Waals surface area contributed by atoms with Crippen LogP contribution in [0.4, 0.5) is 4.39 Å². The van der Waals surface area contributed by atoms with Crippen molar-refractivity contribution in [3.63, 3.8) is 0 Å². The number of aryl methyl sites for hydroxylation is 1. The summed E-state index contributed by atoms with van der Waals surface area (Å²) in [5, 5.41) is 6.24. The zero-order valence-corrected chi connectivity index (χ0v) is 11.9. The zero-order chi connectivity index (χ0) is 13.1. The van der Waals surface area contributed by atoms with Crippen LogP contribution in [0.2, 0.25) is 5.02 Å². The lowest BCUT2D eigenvalue weighted by atomic mass is 10.0. The molecule has 0 bridgehead atoms. The Balaban J connectivity index is 2.39. The van der Waals surface area contributed by atoms with Gasteiger partial charge in [0, 0.05) is 4.88 Å². The smallest absolute Gasteiger partial charge is 0.123 e. The summed E-state index contributed by atoms with van der Waals surface area (Å²) < 4.78 is 13.0. The van der Waals surface area contributed by atoms with E-state index in [4.69, 9.17) is 11.6 Å². The number of rotatable bonds is 4. The van der Waals surface area contributed by atoms with Gasteiger partial charge in [0.1, 0.15) is 5.82 Å². The van der Waals surface area contributed by atoms with Gasteiger partial charge in [-0.3, -0.25) is 0 Å². The number of benzene rings is 1. The number of hydrogen-bond donors (Lipinski definition) is 1. The first-order chi connectivity index (χ1) is 8.63. The molecule has 0 aliphatic carbocycles. The molecule has 4 heteroatoms. The summed E-state index contributed by atoms with van der Waals surface area (Å²) in [5.41, 5.74) is 2.11. The average Bonchev–Trinajstić information content (AvgIpc) is 2.69. The van der Waals surface area contributed by atoms with E-state index in [2.05, 4.69) is 5.32 Å². The number of hydrogen-bond acceptors (Lipinski definition) is 2. The predicted molar refractivity (Wildman–Crippen MR) is 76.0 cm³/mol. The molecule has 1 unspecified atom stereocenters. The van der Waals surface area contributed by atoms with Gasteiger partial charge in [-0.2, -0.15) is 0 Å². The summed E-state index contributed by atoms with van der Waals surface area (Å²) in [4.78, 5) is 1.09. The first-order valence-electron chi connectivity index (χ1n) is 5.85. The standard InChI is InChI=1S/C14H15ClFNS/c1-3-17-13(10-4-6-11(16)7-5-10)14-12(15)9(2)8-18-14/h4-8,13,17H,3H2,1-2H3. The zero-order valence-electron chi connectivity index (χ0n) is 10.3.